The van der Waals surface area contributed by atoms with Gasteiger partial charge in [-0.2, -0.15) is 0 Å². The predicted molar refractivity (Wildman–Crippen MR) is 92.5 cm³/mol. The molecule has 2 aromatic rings. The van der Waals surface area contributed by atoms with E-state index in [1.54, 1.807) is 24.3 Å². The number of carbonyl (C=O) groups is 1. The highest BCUT2D eigenvalue weighted by Gasteiger charge is 2.37. The minimum Gasteiger partial charge on any atom is -0.422 e. The van der Waals surface area contributed by atoms with Gasteiger partial charge < -0.3 is 14.6 Å². The number of cyclic esters (lactones) is 1. The summed E-state index contributed by atoms with van der Waals surface area (Å²) in [5.74, 6) is 0. The summed E-state index contributed by atoms with van der Waals surface area (Å²) >= 11 is 0. The maximum atomic E-state index is 12.5. The fourth-order valence-electron chi connectivity index (χ4n) is 2.41. The van der Waals surface area contributed by atoms with Gasteiger partial charge >= 0.3 is 6.09 Å². The lowest BCUT2D eigenvalue weighted by atomic mass is 10.1. The maximum Gasteiger partial charge on any atom is 0.415 e. The summed E-state index contributed by atoms with van der Waals surface area (Å²) in [5, 5.41) is 19.8. The van der Waals surface area contributed by atoms with Gasteiger partial charge in [0.2, 0.25) is 6.23 Å². The van der Waals surface area contributed by atoms with Gasteiger partial charge in [0.05, 0.1) is 28.7 Å². The summed E-state index contributed by atoms with van der Waals surface area (Å²) in [4.78, 5) is 23.4. The Balaban J connectivity index is 1.74. The van der Waals surface area contributed by atoms with Crippen molar-refractivity contribution in [3.8, 4) is 0 Å². The molecule has 2 N–H and O–H groups in total. The lowest BCUT2D eigenvalue weighted by molar-refractivity contribution is -0.384. The van der Waals surface area contributed by atoms with E-state index in [9.17, 15) is 19.1 Å². The molecule has 1 amide bonds. The summed E-state index contributed by atoms with van der Waals surface area (Å²) in [6, 6.07) is 12.4. The normalized spacial score (nSPS) is 17.2. The van der Waals surface area contributed by atoms with E-state index in [4.69, 9.17) is 9.84 Å². The number of hydrogen-bond donors (Lipinski definition) is 2. The molecule has 1 unspecified atom stereocenters. The van der Waals surface area contributed by atoms with Crippen LogP contribution in [0.25, 0.3) is 0 Å². The molecule has 2 aromatic carbocycles. The predicted octanol–water partition coefficient (Wildman–Crippen LogP) is 2.00. The number of nitro benzene ring substituents is 1. The number of hydrogen-bond acceptors (Lipinski definition) is 6. The Morgan fingerprint density at radius 1 is 1.23 bits per heavy atom. The number of non-ortho nitro benzene ring substituents is 1. The Morgan fingerprint density at radius 2 is 1.92 bits per heavy atom. The number of rotatable bonds is 7. The van der Waals surface area contributed by atoms with Crippen LogP contribution >= 0.6 is 0 Å². The number of nitrogens with zero attached hydrogens (tertiary/aromatic N) is 2. The highest BCUT2D eigenvalue weighted by molar-refractivity contribution is 7.86. The number of nitrogens with one attached hydrogen (secondary N) is 1. The molecule has 2 atom stereocenters. The highest BCUT2D eigenvalue weighted by Crippen LogP contribution is 2.25. The van der Waals surface area contributed by atoms with E-state index in [1.165, 1.54) is 29.2 Å². The van der Waals surface area contributed by atoms with E-state index < -0.39 is 28.2 Å². The van der Waals surface area contributed by atoms with Crippen LogP contribution in [-0.4, -0.2) is 38.1 Å². The van der Waals surface area contributed by atoms with Gasteiger partial charge in [-0.25, -0.2) is 9.00 Å². The van der Waals surface area contributed by atoms with Crippen molar-refractivity contribution in [1.82, 2.24) is 4.90 Å². The Hall–Kier alpha value is -2.98. The van der Waals surface area contributed by atoms with Crippen LogP contribution < -0.4 is 4.72 Å². The van der Waals surface area contributed by atoms with Crippen LogP contribution in [-0.2, 0) is 22.3 Å². The molecule has 26 heavy (non-hydrogen) atoms. The highest BCUT2D eigenvalue weighted by atomic mass is 32.2. The van der Waals surface area contributed by atoms with Crippen molar-refractivity contribution in [2.24, 2.45) is 0 Å². The van der Waals surface area contributed by atoms with Crippen LogP contribution in [0, 0.1) is 10.1 Å². The largest absolute Gasteiger partial charge is 0.422 e. The lowest BCUT2D eigenvalue weighted by Crippen LogP contribution is -2.55. The fraction of sp³-hybridized carbons (Fsp3) is 0.188. The van der Waals surface area contributed by atoms with Crippen LogP contribution in [0.2, 0.25) is 0 Å². The van der Waals surface area contributed by atoms with Crippen molar-refractivity contribution in [3.63, 3.8) is 0 Å². The number of para-hydroxylation sites is 1. The zero-order valence-electron chi connectivity index (χ0n) is 13.4. The second-order valence-corrected chi connectivity index (χ2v) is 6.64. The maximum absolute atomic E-state index is 12.5. The number of aliphatic hydroxyl groups excluding tert-OH is 1. The number of aliphatic hydroxyl groups is 1. The molecule has 0 spiro atoms. The van der Waals surface area contributed by atoms with Gasteiger partial charge in [-0.3, -0.25) is 15.0 Å². The second-order valence-electron chi connectivity index (χ2n) is 5.43. The molecule has 1 fully saturated rings. The van der Waals surface area contributed by atoms with Gasteiger partial charge in [0.1, 0.15) is 11.0 Å². The van der Waals surface area contributed by atoms with E-state index in [1.807, 2.05) is 0 Å². The SMILES string of the molecule is O=C1O[C@H](CO)N1Cc1ccccc1NS(=O)c1ccc([N+](=O)[O-])cc1. The summed E-state index contributed by atoms with van der Waals surface area (Å²) in [5.41, 5.74) is 1.15. The van der Waals surface area contributed by atoms with Gasteiger partial charge in [0.15, 0.2) is 0 Å². The van der Waals surface area contributed by atoms with Gasteiger partial charge in [0.25, 0.3) is 5.69 Å². The zero-order chi connectivity index (χ0) is 18.7. The molecule has 0 saturated carbocycles. The molecule has 9 nitrogen and oxygen atoms in total. The van der Waals surface area contributed by atoms with E-state index in [2.05, 4.69) is 4.72 Å². The first kappa shape index (κ1) is 17.8. The van der Waals surface area contributed by atoms with Gasteiger partial charge in [-0.15, -0.1) is 0 Å². The first-order valence-electron chi connectivity index (χ1n) is 7.58. The Bertz CT molecular complexity index is 857. The third-order valence-corrected chi connectivity index (χ3v) is 4.90. The summed E-state index contributed by atoms with van der Waals surface area (Å²) < 4.78 is 20.1. The van der Waals surface area contributed by atoms with Crippen LogP contribution in [0.4, 0.5) is 16.2 Å². The quantitative estimate of drug-likeness (QED) is 0.562. The third kappa shape index (κ3) is 3.65. The van der Waals surface area contributed by atoms with Gasteiger partial charge in [-0.05, 0) is 23.8 Å². The number of anilines is 1. The molecule has 10 heteroatoms. The molecular weight excluding hydrogens is 362 g/mol. The monoisotopic (exact) mass is 377 g/mol. The average molecular weight is 377 g/mol. The van der Waals surface area contributed by atoms with Crippen LogP contribution in [0.3, 0.4) is 0 Å². The second kappa shape index (κ2) is 7.50. The number of benzene rings is 2. The molecule has 1 aliphatic rings. The van der Waals surface area contributed by atoms with E-state index >= 15 is 0 Å². The molecule has 0 bridgehead atoms. The van der Waals surface area contributed by atoms with Crippen molar-refractivity contribution in [1.29, 1.82) is 0 Å². The lowest BCUT2D eigenvalue weighted by Gasteiger charge is -2.38. The molecule has 136 valence electrons. The summed E-state index contributed by atoms with van der Waals surface area (Å²) in [7, 11) is -1.64. The first-order chi connectivity index (χ1) is 12.5. The zero-order valence-corrected chi connectivity index (χ0v) is 14.2. The fourth-order valence-corrected chi connectivity index (χ4v) is 3.31. The summed E-state index contributed by atoms with van der Waals surface area (Å²) in [6.07, 6.45) is -1.22. The number of ether oxygens (including phenoxy) is 1. The number of amides is 1. The van der Waals surface area contributed by atoms with Crippen LogP contribution in [0.1, 0.15) is 5.56 Å². The Labute approximate surface area is 150 Å². The third-order valence-electron chi connectivity index (χ3n) is 3.80. The van der Waals surface area contributed by atoms with Gasteiger partial charge in [0, 0.05) is 12.1 Å². The van der Waals surface area contributed by atoms with Crippen LogP contribution in [0.15, 0.2) is 53.4 Å². The molecule has 0 radical (unpaired) electrons. The van der Waals surface area contributed by atoms with E-state index in [-0.39, 0.29) is 18.8 Å². The minimum atomic E-state index is -1.64. The topological polar surface area (TPSA) is 122 Å². The van der Waals surface area contributed by atoms with Crippen molar-refractivity contribution >= 4 is 28.5 Å². The van der Waals surface area contributed by atoms with Crippen molar-refractivity contribution in [3.05, 3.63) is 64.2 Å². The molecule has 0 aliphatic carbocycles. The average Bonchev–Trinajstić information content (AvgIpc) is 2.65. The number of carbonyl (C=O) groups excluding carboxylic acids is 1. The minimum absolute atomic E-state index is 0.0857. The molecule has 3 rings (SSSR count). The molecule has 1 aliphatic heterocycles. The standard InChI is InChI=1S/C16H15N3O6S/c20-10-15-18(16(21)25-15)9-11-3-1-2-4-14(11)17-26(24)13-7-5-12(6-8-13)19(22)23/h1-8,15,17,20H,9-10H2/t15-,26?/m1/s1. The summed E-state index contributed by atoms with van der Waals surface area (Å²) in [6.45, 7) is -0.124. The van der Waals surface area contributed by atoms with E-state index in [0.717, 1.165) is 0 Å². The van der Waals surface area contributed by atoms with E-state index in [0.29, 0.717) is 16.1 Å². The molecular formula is C16H15N3O6S. The van der Waals surface area contributed by atoms with Crippen molar-refractivity contribution in [2.45, 2.75) is 17.7 Å². The molecule has 0 aromatic heterocycles. The first-order valence-corrected chi connectivity index (χ1v) is 8.73. The molecule has 1 saturated heterocycles. The van der Waals surface area contributed by atoms with Crippen molar-refractivity contribution < 1.29 is 23.8 Å². The van der Waals surface area contributed by atoms with Gasteiger partial charge in [-0.1, -0.05) is 18.2 Å². The molecule has 1 heterocycles. The Kier molecular flexibility index (Phi) is 5.14. The number of nitro groups is 1. The van der Waals surface area contributed by atoms with Crippen molar-refractivity contribution in [2.75, 3.05) is 11.3 Å². The van der Waals surface area contributed by atoms with Crippen LogP contribution in [0.5, 0.6) is 0 Å². The smallest absolute Gasteiger partial charge is 0.415 e. The Morgan fingerprint density at radius 3 is 2.54 bits per heavy atom.